The summed E-state index contributed by atoms with van der Waals surface area (Å²) in [4.78, 5) is 0. The Morgan fingerprint density at radius 3 is 2.47 bits per heavy atom. The molecule has 0 spiro atoms. The third kappa shape index (κ3) is 5.12. The van der Waals surface area contributed by atoms with Crippen molar-refractivity contribution < 1.29 is 4.74 Å². The van der Waals surface area contributed by atoms with Gasteiger partial charge in [0.05, 0.1) is 6.61 Å². The van der Waals surface area contributed by atoms with Gasteiger partial charge in [-0.25, -0.2) is 0 Å². The molecule has 0 fully saturated rings. The van der Waals surface area contributed by atoms with E-state index in [0.29, 0.717) is 5.41 Å². The predicted molar refractivity (Wildman–Crippen MR) is 74.9 cm³/mol. The summed E-state index contributed by atoms with van der Waals surface area (Å²) in [5, 5.41) is 3.48. The molecule has 0 saturated carbocycles. The molecule has 0 aliphatic rings. The predicted octanol–water partition coefficient (Wildman–Crippen LogP) is 4.24. The van der Waals surface area contributed by atoms with Crippen LogP contribution in [0.1, 0.15) is 39.7 Å². The molecule has 2 heteroatoms. The molecule has 1 aromatic rings. The van der Waals surface area contributed by atoms with Gasteiger partial charge in [-0.15, -0.1) is 0 Å². The minimum atomic E-state index is 0.381. The molecule has 0 amide bonds. The van der Waals surface area contributed by atoms with Crippen LogP contribution in [0.25, 0.3) is 0 Å². The first-order chi connectivity index (χ1) is 7.92. The van der Waals surface area contributed by atoms with Gasteiger partial charge in [-0.05, 0) is 49.4 Å². The van der Waals surface area contributed by atoms with Crippen molar-refractivity contribution in [3.05, 3.63) is 23.8 Å². The Hall–Kier alpha value is -1.18. The Morgan fingerprint density at radius 1 is 1.24 bits per heavy atom. The summed E-state index contributed by atoms with van der Waals surface area (Å²) in [6.07, 6.45) is 1.17. The molecule has 0 saturated heterocycles. The topological polar surface area (TPSA) is 21.3 Å². The molecule has 0 bridgehead atoms. The van der Waals surface area contributed by atoms with Crippen molar-refractivity contribution in [1.82, 2.24) is 0 Å². The number of nitrogens with one attached hydrogen (secondary N) is 1. The molecule has 1 N–H and O–H groups in total. The summed E-state index contributed by atoms with van der Waals surface area (Å²) in [6, 6.07) is 6.21. The van der Waals surface area contributed by atoms with Crippen LogP contribution < -0.4 is 10.1 Å². The SMILES string of the molecule is CCOc1ccc(NCCC(C)(C)C)c(C)c1. The quantitative estimate of drug-likeness (QED) is 0.824. The molecule has 0 heterocycles. The lowest BCUT2D eigenvalue weighted by Crippen LogP contribution is -2.13. The van der Waals surface area contributed by atoms with Crippen LogP contribution in [0, 0.1) is 12.3 Å². The Labute approximate surface area is 105 Å². The summed E-state index contributed by atoms with van der Waals surface area (Å²) < 4.78 is 5.47. The molecule has 0 atom stereocenters. The van der Waals surface area contributed by atoms with Gasteiger partial charge in [0.25, 0.3) is 0 Å². The normalized spacial score (nSPS) is 11.4. The molecular formula is C15H25NO. The van der Waals surface area contributed by atoms with Gasteiger partial charge >= 0.3 is 0 Å². The zero-order valence-corrected chi connectivity index (χ0v) is 11.8. The monoisotopic (exact) mass is 235 g/mol. The fourth-order valence-electron chi connectivity index (χ4n) is 1.66. The molecular weight excluding hydrogens is 210 g/mol. The highest BCUT2D eigenvalue weighted by Gasteiger charge is 2.09. The van der Waals surface area contributed by atoms with E-state index in [9.17, 15) is 0 Å². The lowest BCUT2D eigenvalue weighted by Gasteiger charge is -2.19. The fraction of sp³-hybridized carbons (Fsp3) is 0.600. The van der Waals surface area contributed by atoms with Crippen LogP contribution in [-0.4, -0.2) is 13.2 Å². The number of anilines is 1. The molecule has 0 unspecified atom stereocenters. The summed E-state index contributed by atoms with van der Waals surface area (Å²) in [5.41, 5.74) is 2.83. The third-order valence-corrected chi connectivity index (χ3v) is 2.70. The summed E-state index contributed by atoms with van der Waals surface area (Å²) >= 11 is 0. The van der Waals surface area contributed by atoms with E-state index in [2.05, 4.69) is 45.1 Å². The molecule has 0 aliphatic heterocycles. The molecule has 0 aliphatic carbocycles. The van der Waals surface area contributed by atoms with Crippen molar-refractivity contribution in [2.45, 2.75) is 41.0 Å². The smallest absolute Gasteiger partial charge is 0.119 e. The average molecular weight is 235 g/mol. The van der Waals surface area contributed by atoms with Crippen molar-refractivity contribution in [1.29, 1.82) is 0 Å². The Morgan fingerprint density at radius 2 is 1.94 bits per heavy atom. The second-order valence-corrected chi connectivity index (χ2v) is 5.65. The van der Waals surface area contributed by atoms with Crippen molar-refractivity contribution >= 4 is 5.69 Å². The Balaban J connectivity index is 2.54. The largest absolute Gasteiger partial charge is 0.494 e. The summed E-state index contributed by atoms with van der Waals surface area (Å²) in [7, 11) is 0. The van der Waals surface area contributed by atoms with E-state index in [-0.39, 0.29) is 0 Å². The molecule has 0 radical (unpaired) electrons. The van der Waals surface area contributed by atoms with E-state index in [1.165, 1.54) is 17.7 Å². The maximum Gasteiger partial charge on any atom is 0.119 e. The van der Waals surface area contributed by atoms with Crippen LogP contribution >= 0.6 is 0 Å². The van der Waals surface area contributed by atoms with Crippen molar-refractivity contribution in [3.63, 3.8) is 0 Å². The minimum Gasteiger partial charge on any atom is -0.494 e. The van der Waals surface area contributed by atoms with Crippen LogP contribution in [0.2, 0.25) is 0 Å². The highest BCUT2D eigenvalue weighted by molar-refractivity contribution is 5.53. The lowest BCUT2D eigenvalue weighted by molar-refractivity contribution is 0.340. The van der Waals surface area contributed by atoms with Gasteiger partial charge in [-0.1, -0.05) is 20.8 Å². The van der Waals surface area contributed by atoms with E-state index in [0.717, 1.165) is 18.9 Å². The average Bonchev–Trinajstić information content (AvgIpc) is 2.20. The Kier molecular flexibility index (Phi) is 4.86. The van der Waals surface area contributed by atoms with E-state index in [1.807, 2.05) is 13.0 Å². The van der Waals surface area contributed by atoms with Gasteiger partial charge in [0.15, 0.2) is 0 Å². The standard InChI is InChI=1S/C15H25NO/c1-6-17-13-7-8-14(12(2)11-13)16-10-9-15(3,4)5/h7-8,11,16H,6,9-10H2,1-5H3. The first-order valence-electron chi connectivity index (χ1n) is 6.40. The number of rotatable bonds is 5. The van der Waals surface area contributed by atoms with Crippen LogP contribution in [0.3, 0.4) is 0 Å². The van der Waals surface area contributed by atoms with Gasteiger partial charge in [0.1, 0.15) is 5.75 Å². The molecule has 17 heavy (non-hydrogen) atoms. The van der Waals surface area contributed by atoms with Gasteiger partial charge in [0.2, 0.25) is 0 Å². The second-order valence-electron chi connectivity index (χ2n) is 5.65. The maximum atomic E-state index is 5.47. The molecule has 0 aromatic heterocycles. The van der Waals surface area contributed by atoms with E-state index in [1.54, 1.807) is 0 Å². The summed E-state index contributed by atoms with van der Waals surface area (Å²) in [6.45, 7) is 12.6. The van der Waals surface area contributed by atoms with Gasteiger partial charge in [-0.3, -0.25) is 0 Å². The first kappa shape index (κ1) is 13.9. The fourth-order valence-corrected chi connectivity index (χ4v) is 1.66. The highest BCUT2D eigenvalue weighted by Crippen LogP contribution is 2.23. The number of ether oxygens (including phenoxy) is 1. The van der Waals surface area contributed by atoms with Crippen LogP contribution in [-0.2, 0) is 0 Å². The van der Waals surface area contributed by atoms with Gasteiger partial charge in [0, 0.05) is 12.2 Å². The van der Waals surface area contributed by atoms with Gasteiger partial charge < -0.3 is 10.1 Å². The van der Waals surface area contributed by atoms with E-state index < -0.39 is 0 Å². The van der Waals surface area contributed by atoms with Crippen molar-refractivity contribution in [2.75, 3.05) is 18.5 Å². The zero-order chi connectivity index (χ0) is 12.9. The maximum absolute atomic E-state index is 5.47. The third-order valence-electron chi connectivity index (χ3n) is 2.70. The van der Waals surface area contributed by atoms with Crippen molar-refractivity contribution in [3.8, 4) is 5.75 Å². The highest BCUT2D eigenvalue weighted by atomic mass is 16.5. The second kappa shape index (κ2) is 5.95. The Bertz CT molecular complexity index is 352. The molecule has 2 nitrogen and oxygen atoms in total. The zero-order valence-electron chi connectivity index (χ0n) is 11.8. The number of benzene rings is 1. The van der Waals surface area contributed by atoms with Crippen LogP contribution in [0.15, 0.2) is 18.2 Å². The van der Waals surface area contributed by atoms with E-state index >= 15 is 0 Å². The lowest BCUT2D eigenvalue weighted by atomic mass is 9.92. The number of hydrogen-bond acceptors (Lipinski definition) is 2. The molecule has 1 rings (SSSR count). The number of hydrogen-bond donors (Lipinski definition) is 1. The number of aryl methyl sites for hydroxylation is 1. The molecule has 96 valence electrons. The van der Waals surface area contributed by atoms with Crippen LogP contribution in [0.5, 0.6) is 5.75 Å². The molecule has 1 aromatic carbocycles. The first-order valence-corrected chi connectivity index (χ1v) is 6.40. The van der Waals surface area contributed by atoms with Crippen molar-refractivity contribution in [2.24, 2.45) is 5.41 Å². The summed E-state index contributed by atoms with van der Waals surface area (Å²) in [5.74, 6) is 0.950. The van der Waals surface area contributed by atoms with Gasteiger partial charge in [-0.2, -0.15) is 0 Å². The van der Waals surface area contributed by atoms with Crippen LogP contribution in [0.4, 0.5) is 5.69 Å². The van der Waals surface area contributed by atoms with E-state index in [4.69, 9.17) is 4.74 Å². The minimum absolute atomic E-state index is 0.381.